The normalized spacial score (nSPS) is 23.3. The Labute approximate surface area is 129 Å². The first-order valence-electron chi connectivity index (χ1n) is 6.66. The van der Waals surface area contributed by atoms with E-state index in [0.29, 0.717) is 26.6 Å². The molecule has 0 aliphatic heterocycles. The molecule has 4 heteroatoms. The van der Waals surface area contributed by atoms with E-state index in [1.807, 2.05) is 0 Å². The van der Waals surface area contributed by atoms with Gasteiger partial charge in [-0.2, -0.15) is 11.8 Å². The van der Waals surface area contributed by atoms with Gasteiger partial charge in [-0.25, -0.2) is 0 Å². The summed E-state index contributed by atoms with van der Waals surface area (Å²) in [7, 11) is 0. The summed E-state index contributed by atoms with van der Waals surface area (Å²) in [6.07, 6.45) is 5.08. The average Bonchev–Trinajstić information content (AvgIpc) is 2.36. The summed E-state index contributed by atoms with van der Waals surface area (Å²) in [5.74, 6) is 1.41. The molecule has 1 aromatic carbocycles. The second-order valence-corrected chi connectivity index (χ2v) is 7.38. The van der Waals surface area contributed by atoms with Crippen LogP contribution in [0.1, 0.15) is 43.0 Å². The molecule has 1 aliphatic rings. The lowest BCUT2D eigenvalue weighted by atomic mass is 9.91. The lowest BCUT2D eigenvalue weighted by Gasteiger charge is -2.25. The predicted molar refractivity (Wildman–Crippen MR) is 84.7 cm³/mol. The van der Waals surface area contributed by atoms with Crippen LogP contribution in [0.4, 0.5) is 0 Å². The number of hydrogen-bond donors (Lipinski definition) is 0. The van der Waals surface area contributed by atoms with E-state index in [9.17, 15) is 4.79 Å². The first-order chi connectivity index (χ1) is 9.06. The Hall–Kier alpha value is -0.180. The molecule has 0 radical (unpaired) electrons. The van der Waals surface area contributed by atoms with Crippen molar-refractivity contribution < 1.29 is 4.79 Å². The SMILES string of the molecule is CC1CCCC(SCC(=O)c2ccc(Cl)cc2Cl)C1. The maximum absolute atomic E-state index is 12.2. The van der Waals surface area contributed by atoms with Gasteiger partial charge in [0, 0.05) is 15.8 Å². The molecular weight excluding hydrogens is 299 g/mol. The molecule has 1 saturated carbocycles. The van der Waals surface area contributed by atoms with E-state index in [-0.39, 0.29) is 5.78 Å². The summed E-state index contributed by atoms with van der Waals surface area (Å²) in [4.78, 5) is 12.2. The molecule has 0 bridgehead atoms. The molecule has 2 atom stereocenters. The van der Waals surface area contributed by atoms with E-state index in [1.165, 1.54) is 25.7 Å². The van der Waals surface area contributed by atoms with E-state index in [0.717, 1.165) is 5.92 Å². The van der Waals surface area contributed by atoms with Crippen LogP contribution in [-0.4, -0.2) is 16.8 Å². The molecule has 2 rings (SSSR count). The van der Waals surface area contributed by atoms with Crippen molar-refractivity contribution in [3.63, 3.8) is 0 Å². The van der Waals surface area contributed by atoms with Crippen LogP contribution in [0.3, 0.4) is 0 Å². The van der Waals surface area contributed by atoms with Crippen molar-refractivity contribution in [2.75, 3.05) is 5.75 Å². The van der Waals surface area contributed by atoms with E-state index in [2.05, 4.69) is 6.92 Å². The molecule has 104 valence electrons. The van der Waals surface area contributed by atoms with Gasteiger partial charge in [0.2, 0.25) is 0 Å². The summed E-state index contributed by atoms with van der Waals surface area (Å²) in [5, 5.41) is 1.64. The molecule has 0 amide bonds. The Morgan fingerprint density at radius 1 is 1.37 bits per heavy atom. The Balaban J connectivity index is 1.90. The summed E-state index contributed by atoms with van der Waals surface area (Å²) >= 11 is 13.7. The zero-order valence-corrected chi connectivity index (χ0v) is 13.3. The highest BCUT2D eigenvalue weighted by atomic mass is 35.5. The van der Waals surface area contributed by atoms with Gasteiger partial charge in [-0.15, -0.1) is 0 Å². The fourth-order valence-corrected chi connectivity index (χ4v) is 4.37. The Kier molecular flexibility index (Phi) is 5.61. The summed E-state index contributed by atoms with van der Waals surface area (Å²) in [6, 6.07) is 5.06. The van der Waals surface area contributed by atoms with Crippen molar-refractivity contribution in [1.29, 1.82) is 0 Å². The minimum absolute atomic E-state index is 0.102. The number of halogens is 2. The summed E-state index contributed by atoms with van der Waals surface area (Å²) in [6.45, 7) is 2.30. The van der Waals surface area contributed by atoms with E-state index in [4.69, 9.17) is 23.2 Å². The molecule has 0 N–H and O–H groups in total. The van der Waals surface area contributed by atoms with Gasteiger partial charge in [-0.3, -0.25) is 4.79 Å². The molecule has 19 heavy (non-hydrogen) atoms. The van der Waals surface area contributed by atoms with Gasteiger partial charge in [0.25, 0.3) is 0 Å². The third-order valence-corrected chi connectivity index (χ3v) is 5.45. The number of hydrogen-bond acceptors (Lipinski definition) is 2. The number of carbonyl (C=O) groups is 1. The molecule has 0 aromatic heterocycles. The number of thioether (sulfide) groups is 1. The Bertz CT molecular complexity index is 461. The van der Waals surface area contributed by atoms with Gasteiger partial charge in [-0.05, 0) is 37.0 Å². The summed E-state index contributed by atoms with van der Waals surface area (Å²) in [5.41, 5.74) is 0.586. The third-order valence-electron chi connectivity index (χ3n) is 3.57. The van der Waals surface area contributed by atoms with Crippen LogP contribution in [0.25, 0.3) is 0 Å². The number of rotatable bonds is 4. The number of carbonyl (C=O) groups excluding carboxylic acids is 1. The fraction of sp³-hybridized carbons (Fsp3) is 0.533. The maximum atomic E-state index is 12.2. The largest absolute Gasteiger partial charge is 0.293 e. The lowest BCUT2D eigenvalue weighted by Crippen LogP contribution is -2.17. The van der Waals surface area contributed by atoms with Crippen LogP contribution >= 0.6 is 35.0 Å². The predicted octanol–water partition coefficient (Wildman–Crippen LogP) is 5.49. The Morgan fingerprint density at radius 2 is 2.16 bits per heavy atom. The molecular formula is C15H18Cl2OS. The monoisotopic (exact) mass is 316 g/mol. The smallest absolute Gasteiger partial charge is 0.174 e. The third kappa shape index (κ3) is 4.40. The molecule has 1 nitrogen and oxygen atoms in total. The van der Waals surface area contributed by atoms with Crippen molar-refractivity contribution in [1.82, 2.24) is 0 Å². The topological polar surface area (TPSA) is 17.1 Å². The van der Waals surface area contributed by atoms with Crippen LogP contribution in [0.15, 0.2) is 18.2 Å². The van der Waals surface area contributed by atoms with Crippen LogP contribution in [-0.2, 0) is 0 Å². The fourth-order valence-electron chi connectivity index (χ4n) is 2.52. The van der Waals surface area contributed by atoms with Gasteiger partial charge < -0.3 is 0 Å². The molecule has 1 fully saturated rings. The lowest BCUT2D eigenvalue weighted by molar-refractivity contribution is 0.102. The minimum Gasteiger partial charge on any atom is -0.293 e. The molecule has 0 spiro atoms. The standard InChI is InChI=1S/C15H18Cl2OS/c1-10-3-2-4-12(7-10)19-9-15(18)13-6-5-11(16)8-14(13)17/h5-6,8,10,12H,2-4,7,9H2,1H3. The highest BCUT2D eigenvalue weighted by molar-refractivity contribution is 8.00. The molecule has 1 aromatic rings. The van der Waals surface area contributed by atoms with Crippen molar-refractivity contribution in [2.24, 2.45) is 5.92 Å². The number of ketones is 1. The molecule has 0 saturated heterocycles. The van der Waals surface area contributed by atoms with Crippen LogP contribution < -0.4 is 0 Å². The van der Waals surface area contributed by atoms with E-state index >= 15 is 0 Å². The quantitative estimate of drug-likeness (QED) is 0.683. The second kappa shape index (κ2) is 7.01. The van der Waals surface area contributed by atoms with Crippen molar-refractivity contribution in [3.05, 3.63) is 33.8 Å². The van der Waals surface area contributed by atoms with Gasteiger partial charge in [0.05, 0.1) is 10.8 Å². The van der Waals surface area contributed by atoms with Crippen LogP contribution in [0, 0.1) is 5.92 Å². The van der Waals surface area contributed by atoms with Crippen molar-refractivity contribution in [2.45, 2.75) is 37.9 Å². The van der Waals surface area contributed by atoms with Gasteiger partial charge >= 0.3 is 0 Å². The highest BCUT2D eigenvalue weighted by Gasteiger charge is 2.20. The van der Waals surface area contributed by atoms with Crippen LogP contribution in [0.5, 0.6) is 0 Å². The molecule has 1 aliphatic carbocycles. The minimum atomic E-state index is 0.102. The maximum Gasteiger partial charge on any atom is 0.174 e. The second-order valence-electron chi connectivity index (χ2n) is 5.25. The van der Waals surface area contributed by atoms with E-state index in [1.54, 1.807) is 30.0 Å². The average molecular weight is 317 g/mol. The summed E-state index contributed by atoms with van der Waals surface area (Å²) < 4.78 is 0. The zero-order valence-electron chi connectivity index (χ0n) is 11.0. The highest BCUT2D eigenvalue weighted by Crippen LogP contribution is 2.32. The van der Waals surface area contributed by atoms with Crippen LogP contribution in [0.2, 0.25) is 10.0 Å². The van der Waals surface area contributed by atoms with Crippen molar-refractivity contribution in [3.8, 4) is 0 Å². The van der Waals surface area contributed by atoms with Gasteiger partial charge in [0.1, 0.15) is 0 Å². The van der Waals surface area contributed by atoms with Crippen molar-refractivity contribution >= 4 is 40.7 Å². The first kappa shape index (κ1) is 15.2. The van der Waals surface area contributed by atoms with Gasteiger partial charge in [0.15, 0.2) is 5.78 Å². The molecule has 2 unspecified atom stereocenters. The number of Topliss-reactive ketones (excluding diaryl/α,β-unsaturated/α-hetero) is 1. The van der Waals surface area contributed by atoms with Gasteiger partial charge in [-0.1, -0.05) is 43.0 Å². The first-order valence-corrected chi connectivity index (χ1v) is 8.46. The Morgan fingerprint density at radius 3 is 2.84 bits per heavy atom. The molecule has 0 heterocycles. The zero-order chi connectivity index (χ0) is 13.8. The number of benzene rings is 1. The van der Waals surface area contributed by atoms with E-state index < -0.39 is 0 Å².